The van der Waals surface area contributed by atoms with Crippen molar-refractivity contribution in [1.82, 2.24) is 0 Å². The first-order valence-corrected chi connectivity index (χ1v) is 5.14. The van der Waals surface area contributed by atoms with Gasteiger partial charge in [0.2, 0.25) is 0 Å². The van der Waals surface area contributed by atoms with Crippen LogP contribution in [-0.2, 0) is 14.4 Å². The Bertz CT molecular complexity index is 632. The Kier molecular flexibility index (Phi) is 5.09. The van der Waals surface area contributed by atoms with Gasteiger partial charge in [0, 0.05) is 12.2 Å². The van der Waals surface area contributed by atoms with E-state index in [0.717, 1.165) is 5.36 Å². The summed E-state index contributed by atoms with van der Waals surface area (Å²) in [5.74, 6) is -2.68. The minimum absolute atomic E-state index is 0.163. The second-order valence-electron chi connectivity index (χ2n) is 3.32. The molecular weight excluding hydrogens is 252 g/mol. The molecule has 0 bridgehead atoms. The molecule has 1 aromatic rings. The third-order valence-electron chi connectivity index (χ3n) is 1.88. The van der Waals surface area contributed by atoms with Crippen LogP contribution >= 0.6 is 0 Å². The van der Waals surface area contributed by atoms with Gasteiger partial charge in [0.05, 0.1) is 10.7 Å². The average molecular weight is 262 g/mol. The second kappa shape index (κ2) is 6.80. The predicted octanol–water partition coefficient (Wildman–Crippen LogP) is -0.822. The first-order chi connectivity index (χ1) is 8.99. The molecular formula is C12H10N2O5. The molecule has 1 aliphatic rings. The largest absolute Gasteiger partial charge is 0.478 e. The Hall–Kier alpha value is -2.83. The number of rotatable bonds is 2. The Labute approximate surface area is 107 Å². The van der Waals surface area contributed by atoms with Gasteiger partial charge in [-0.15, -0.1) is 0 Å². The monoisotopic (exact) mass is 262 g/mol. The van der Waals surface area contributed by atoms with Gasteiger partial charge in [0.1, 0.15) is 6.54 Å². The number of carbonyl (C=O) groups excluding carboxylic acids is 1. The Balaban J connectivity index is 0.000000203. The summed E-state index contributed by atoms with van der Waals surface area (Å²) in [7, 11) is 0. The summed E-state index contributed by atoms with van der Waals surface area (Å²) in [5, 5.41) is 17.1. The number of carboxylic acid groups (broad SMARTS) is 2. The van der Waals surface area contributed by atoms with Crippen LogP contribution in [0.25, 0.3) is 0 Å². The highest BCUT2D eigenvalue weighted by Gasteiger charge is 2.01. The molecule has 1 aliphatic heterocycles. The lowest BCUT2D eigenvalue weighted by Crippen LogP contribution is -2.31. The minimum atomic E-state index is -1.26. The molecule has 1 aromatic carbocycles. The van der Waals surface area contributed by atoms with E-state index in [0.29, 0.717) is 17.5 Å². The van der Waals surface area contributed by atoms with Crippen LogP contribution in [0.4, 0.5) is 0 Å². The summed E-state index contributed by atoms with van der Waals surface area (Å²) in [6.45, 7) is 0.191. The van der Waals surface area contributed by atoms with Gasteiger partial charge in [0.15, 0.2) is 0 Å². The lowest BCUT2D eigenvalue weighted by atomic mass is 10.3. The van der Waals surface area contributed by atoms with E-state index in [1.807, 2.05) is 18.2 Å². The number of hydrogen-bond acceptors (Lipinski definition) is 4. The maximum absolute atomic E-state index is 10.8. The van der Waals surface area contributed by atoms with Crippen molar-refractivity contribution in [2.75, 3.05) is 6.54 Å². The molecule has 0 fully saturated rings. The SMILES string of the molecule is O=C(O)/C=C\C(=O)O.O=C1CN=c2ccccc2=N1. The van der Waals surface area contributed by atoms with Gasteiger partial charge >= 0.3 is 11.9 Å². The number of amides is 1. The fourth-order valence-electron chi connectivity index (χ4n) is 1.16. The van der Waals surface area contributed by atoms with Crippen molar-refractivity contribution in [2.24, 2.45) is 9.98 Å². The molecule has 0 atom stereocenters. The number of aliphatic carboxylic acids is 2. The summed E-state index contributed by atoms with van der Waals surface area (Å²) in [4.78, 5) is 37.7. The maximum Gasteiger partial charge on any atom is 0.328 e. The number of benzene rings is 1. The van der Waals surface area contributed by atoms with E-state index in [1.165, 1.54) is 0 Å². The van der Waals surface area contributed by atoms with Crippen LogP contribution in [0.1, 0.15) is 0 Å². The fourth-order valence-corrected chi connectivity index (χ4v) is 1.16. The van der Waals surface area contributed by atoms with Crippen molar-refractivity contribution in [3.63, 3.8) is 0 Å². The first-order valence-electron chi connectivity index (χ1n) is 5.14. The van der Waals surface area contributed by atoms with Gasteiger partial charge in [-0.25, -0.2) is 14.6 Å². The lowest BCUT2D eigenvalue weighted by molar-refractivity contribution is -0.134. The highest BCUT2D eigenvalue weighted by Crippen LogP contribution is 1.80. The van der Waals surface area contributed by atoms with Gasteiger partial charge in [0.25, 0.3) is 5.91 Å². The zero-order valence-corrected chi connectivity index (χ0v) is 9.68. The molecule has 0 spiro atoms. The van der Waals surface area contributed by atoms with Crippen molar-refractivity contribution in [1.29, 1.82) is 0 Å². The summed E-state index contributed by atoms with van der Waals surface area (Å²) in [6, 6.07) is 7.37. The molecule has 98 valence electrons. The van der Waals surface area contributed by atoms with Crippen LogP contribution in [0.15, 0.2) is 46.4 Å². The van der Waals surface area contributed by atoms with E-state index >= 15 is 0 Å². The number of para-hydroxylation sites is 2. The van der Waals surface area contributed by atoms with E-state index in [4.69, 9.17) is 10.2 Å². The van der Waals surface area contributed by atoms with Crippen LogP contribution in [0, 0.1) is 0 Å². The van der Waals surface area contributed by atoms with E-state index in [-0.39, 0.29) is 12.5 Å². The average Bonchev–Trinajstić information content (AvgIpc) is 2.37. The molecule has 7 nitrogen and oxygen atoms in total. The number of hydrogen-bond donors (Lipinski definition) is 2. The summed E-state index contributed by atoms with van der Waals surface area (Å²) in [6.07, 6.45) is 1.12. The normalized spacial score (nSPS) is 12.5. The van der Waals surface area contributed by atoms with Crippen LogP contribution < -0.4 is 10.7 Å². The van der Waals surface area contributed by atoms with E-state index in [9.17, 15) is 14.4 Å². The topological polar surface area (TPSA) is 116 Å². The van der Waals surface area contributed by atoms with Crippen LogP contribution in [0.2, 0.25) is 0 Å². The molecule has 0 unspecified atom stereocenters. The quantitative estimate of drug-likeness (QED) is 0.675. The molecule has 7 heteroatoms. The third kappa shape index (κ3) is 5.35. The van der Waals surface area contributed by atoms with Crippen LogP contribution in [0.3, 0.4) is 0 Å². The van der Waals surface area contributed by atoms with Crippen molar-refractivity contribution >= 4 is 17.8 Å². The van der Waals surface area contributed by atoms with E-state index < -0.39 is 11.9 Å². The Morgan fingerprint density at radius 2 is 1.58 bits per heavy atom. The molecule has 2 N–H and O–H groups in total. The highest BCUT2D eigenvalue weighted by atomic mass is 16.4. The van der Waals surface area contributed by atoms with Gasteiger partial charge in [-0.1, -0.05) is 12.1 Å². The Morgan fingerprint density at radius 3 is 2.11 bits per heavy atom. The smallest absolute Gasteiger partial charge is 0.328 e. The standard InChI is InChI=1S/C8H6N2O.C4H4O4/c11-8-5-9-6-3-1-2-4-7(6)10-8;5-3(6)1-2-4(7)8/h1-4H,5H2;1-2H,(H,5,6)(H,7,8)/b;2-1-. The molecule has 0 saturated carbocycles. The van der Waals surface area contributed by atoms with Crippen LogP contribution in [-0.4, -0.2) is 34.6 Å². The van der Waals surface area contributed by atoms with E-state index in [2.05, 4.69) is 9.98 Å². The first kappa shape index (κ1) is 14.2. The number of nitrogens with zero attached hydrogens (tertiary/aromatic N) is 2. The van der Waals surface area contributed by atoms with Crippen LogP contribution in [0.5, 0.6) is 0 Å². The predicted molar refractivity (Wildman–Crippen MR) is 63.0 cm³/mol. The molecule has 1 heterocycles. The highest BCUT2D eigenvalue weighted by molar-refractivity contribution is 5.89. The van der Waals surface area contributed by atoms with E-state index in [1.54, 1.807) is 6.07 Å². The molecule has 19 heavy (non-hydrogen) atoms. The molecule has 1 amide bonds. The lowest BCUT2D eigenvalue weighted by Gasteiger charge is -1.95. The second-order valence-corrected chi connectivity index (χ2v) is 3.32. The zero-order valence-electron chi connectivity index (χ0n) is 9.68. The Morgan fingerprint density at radius 1 is 1.05 bits per heavy atom. The van der Waals surface area contributed by atoms with Crippen molar-refractivity contribution in [2.45, 2.75) is 0 Å². The number of fused-ring (bicyclic) bond motifs is 1. The minimum Gasteiger partial charge on any atom is -0.478 e. The van der Waals surface area contributed by atoms with Gasteiger partial charge in [-0.2, -0.15) is 0 Å². The number of carbonyl (C=O) groups is 3. The molecule has 2 rings (SSSR count). The van der Waals surface area contributed by atoms with Gasteiger partial charge in [-0.3, -0.25) is 9.79 Å². The summed E-state index contributed by atoms with van der Waals surface area (Å²) in [5.41, 5.74) is 0. The molecule has 0 aliphatic carbocycles. The molecule has 0 saturated heterocycles. The van der Waals surface area contributed by atoms with Crippen molar-refractivity contribution in [3.05, 3.63) is 47.1 Å². The summed E-state index contributed by atoms with van der Waals surface area (Å²) < 4.78 is 0. The van der Waals surface area contributed by atoms with Crippen molar-refractivity contribution < 1.29 is 24.6 Å². The molecule has 0 aromatic heterocycles. The van der Waals surface area contributed by atoms with Crippen molar-refractivity contribution in [3.8, 4) is 0 Å². The summed E-state index contributed by atoms with van der Waals surface area (Å²) >= 11 is 0. The third-order valence-corrected chi connectivity index (χ3v) is 1.88. The maximum atomic E-state index is 10.8. The molecule has 0 radical (unpaired) electrons. The van der Waals surface area contributed by atoms with Gasteiger partial charge < -0.3 is 10.2 Å². The van der Waals surface area contributed by atoms with Gasteiger partial charge in [-0.05, 0) is 12.1 Å². The zero-order chi connectivity index (χ0) is 14.3. The fraction of sp³-hybridized carbons (Fsp3) is 0.0833. The number of carboxylic acids is 2.